The quantitative estimate of drug-likeness (QED) is 0.780. The Hall–Kier alpha value is -1.03. The van der Waals surface area contributed by atoms with Crippen molar-refractivity contribution in [3.05, 3.63) is 56.5 Å². The van der Waals surface area contributed by atoms with Crippen LogP contribution in [0.4, 0.5) is 0 Å². The number of halogens is 2. The summed E-state index contributed by atoms with van der Waals surface area (Å²) in [6.07, 6.45) is -0.543. The summed E-state index contributed by atoms with van der Waals surface area (Å²) in [5.41, 5.74) is 2.99. The molecule has 2 aromatic rings. The molecule has 0 bridgehead atoms. The summed E-state index contributed by atoms with van der Waals surface area (Å²) < 4.78 is 6.91. The molecule has 106 valence electrons. The Morgan fingerprint density at radius 3 is 2.25 bits per heavy atom. The lowest BCUT2D eigenvalue weighted by molar-refractivity contribution is 0.199. The summed E-state index contributed by atoms with van der Waals surface area (Å²) in [5, 5.41) is 10.0. The van der Waals surface area contributed by atoms with Gasteiger partial charge in [-0.05, 0) is 61.7 Å². The van der Waals surface area contributed by atoms with Crippen molar-refractivity contribution in [3.63, 3.8) is 0 Å². The van der Waals surface area contributed by atoms with Crippen molar-refractivity contribution in [2.24, 2.45) is 0 Å². The molecule has 0 amide bonds. The lowest BCUT2D eigenvalue weighted by Gasteiger charge is -2.12. The van der Waals surface area contributed by atoms with Gasteiger partial charge in [-0.15, -0.1) is 0 Å². The van der Waals surface area contributed by atoms with Gasteiger partial charge in [-0.2, -0.15) is 0 Å². The van der Waals surface area contributed by atoms with Gasteiger partial charge in [0.1, 0.15) is 11.5 Å². The fourth-order valence-electron chi connectivity index (χ4n) is 1.95. The number of aliphatic hydroxyl groups excluding tert-OH is 1. The van der Waals surface area contributed by atoms with Gasteiger partial charge in [0.2, 0.25) is 0 Å². The van der Waals surface area contributed by atoms with Crippen molar-refractivity contribution in [2.75, 3.05) is 0 Å². The molecule has 1 N–H and O–H groups in total. The van der Waals surface area contributed by atoms with Crippen molar-refractivity contribution in [1.82, 2.24) is 0 Å². The standard InChI is InChI=1S/C16H16BrClO2/c1-9-6-13(7-10(2)16(9)17)20-15-5-4-12(11(3)19)8-14(15)18/h4-8,11,19H,1-3H3/t11-/m1/s1. The molecule has 0 fully saturated rings. The number of ether oxygens (including phenoxy) is 1. The van der Waals surface area contributed by atoms with Crippen molar-refractivity contribution >= 4 is 27.5 Å². The Morgan fingerprint density at radius 2 is 1.75 bits per heavy atom. The largest absolute Gasteiger partial charge is 0.456 e. The zero-order valence-electron chi connectivity index (χ0n) is 11.6. The van der Waals surface area contributed by atoms with Crippen molar-refractivity contribution in [2.45, 2.75) is 26.9 Å². The van der Waals surface area contributed by atoms with Crippen LogP contribution in [0.25, 0.3) is 0 Å². The normalized spacial score (nSPS) is 12.3. The third-order valence-electron chi connectivity index (χ3n) is 3.08. The number of rotatable bonds is 3. The van der Waals surface area contributed by atoms with Crippen molar-refractivity contribution in [3.8, 4) is 11.5 Å². The van der Waals surface area contributed by atoms with Gasteiger partial charge in [-0.3, -0.25) is 0 Å². The van der Waals surface area contributed by atoms with Gasteiger partial charge in [0.05, 0.1) is 11.1 Å². The van der Waals surface area contributed by atoms with Crippen LogP contribution in [0, 0.1) is 13.8 Å². The van der Waals surface area contributed by atoms with Crippen LogP contribution in [-0.4, -0.2) is 5.11 Å². The Labute approximate surface area is 132 Å². The van der Waals surface area contributed by atoms with E-state index >= 15 is 0 Å². The fourth-order valence-corrected chi connectivity index (χ4v) is 2.41. The lowest BCUT2D eigenvalue weighted by atomic mass is 10.1. The average Bonchev–Trinajstić information content (AvgIpc) is 2.38. The van der Waals surface area contributed by atoms with Gasteiger partial charge in [0.15, 0.2) is 0 Å². The summed E-state index contributed by atoms with van der Waals surface area (Å²) in [4.78, 5) is 0. The summed E-state index contributed by atoms with van der Waals surface area (Å²) in [6, 6.07) is 9.22. The predicted octanol–water partition coefficient (Wildman–Crippen LogP) is 5.56. The van der Waals surface area contributed by atoms with Crippen LogP contribution in [0.15, 0.2) is 34.8 Å². The first kappa shape index (κ1) is 15.4. The average molecular weight is 356 g/mol. The molecule has 2 aromatic carbocycles. The Bertz CT molecular complexity index is 615. The van der Waals surface area contributed by atoms with Gasteiger partial charge in [-0.25, -0.2) is 0 Å². The monoisotopic (exact) mass is 354 g/mol. The van der Waals surface area contributed by atoms with Crippen molar-refractivity contribution in [1.29, 1.82) is 0 Å². The second-order valence-electron chi connectivity index (χ2n) is 4.84. The van der Waals surface area contributed by atoms with E-state index in [1.54, 1.807) is 19.1 Å². The van der Waals surface area contributed by atoms with E-state index in [-0.39, 0.29) is 0 Å². The van der Waals surface area contributed by atoms with Crippen LogP contribution < -0.4 is 4.74 Å². The number of aliphatic hydroxyl groups is 1. The molecule has 0 radical (unpaired) electrons. The van der Waals surface area contributed by atoms with Crippen LogP contribution >= 0.6 is 27.5 Å². The van der Waals surface area contributed by atoms with Gasteiger partial charge >= 0.3 is 0 Å². The Balaban J connectivity index is 2.31. The maximum atomic E-state index is 9.53. The maximum Gasteiger partial charge on any atom is 0.146 e. The van der Waals surface area contributed by atoms with E-state index < -0.39 is 6.10 Å². The van der Waals surface area contributed by atoms with Crippen LogP contribution in [-0.2, 0) is 0 Å². The second kappa shape index (κ2) is 6.17. The highest BCUT2D eigenvalue weighted by molar-refractivity contribution is 9.10. The lowest BCUT2D eigenvalue weighted by Crippen LogP contribution is -1.93. The van der Waals surface area contributed by atoms with E-state index in [1.165, 1.54) is 0 Å². The van der Waals surface area contributed by atoms with Gasteiger partial charge in [0.25, 0.3) is 0 Å². The Morgan fingerprint density at radius 1 is 1.15 bits per heavy atom. The zero-order valence-corrected chi connectivity index (χ0v) is 13.9. The van der Waals surface area contributed by atoms with E-state index in [4.69, 9.17) is 16.3 Å². The third-order valence-corrected chi connectivity index (χ3v) is 4.62. The van der Waals surface area contributed by atoms with E-state index in [9.17, 15) is 5.11 Å². The van der Waals surface area contributed by atoms with E-state index in [0.29, 0.717) is 10.8 Å². The first-order valence-electron chi connectivity index (χ1n) is 6.30. The first-order chi connectivity index (χ1) is 9.38. The molecular formula is C16H16BrClO2. The molecule has 4 heteroatoms. The number of hydrogen-bond donors (Lipinski definition) is 1. The SMILES string of the molecule is Cc1cc(Oc2ccc([C@@H](C)O)cc2Cl)cc(C)c1Br. The summed E-state index contributed by atoms with van der Waals surface area (Å²) in [7, 11) is 0. The minimum absolute atomic E-state index is 0.488. The van der Waals surface area contributed by atoms with Crippen LogP contribution in [0.2, 0.25) is 5.02 Å². The first-order valence-corrected chi connectivity index (χ1v) is 7.47. The molecule has 0 saturated carbocycles. The molecular weight excluding hydrogens is 340 g/mol. The van der Waals surface area contributed by atoms with Gasteiger partial charge in [0, 0.05) is 4.47 Å². The molecule has 0 aliphatic heterocycles. The highest BCUT2D eigenvalue weighted by atomic mass is 79.9. The molecule has 1 atom stereocenters. The molecule has 0 heterocycles. The zero-order chi connectivity index (χ0) is 14.9. The molecule has 2 nitrogen and oxygen atoms in total. The molecule has 20 heavy (non-hydrogen) atoms. The molecule has 0 aromatic heterocycles. The van der Waals surface area contributed by atoms with Crippen LogP contribution in [0.3, 0.4) is 0 Å². The molecule has 0 aliphatic carbocycles. The molecule has 2 rings (SSSR count). The topological polar surface area (TPSA) is 29.5 Å². The Kier molecular flexibility index (Phi) is 4.74. The fraction of sp³-hybridized carbons (Fsp3) is 0.250. The summed E-state index contributed by atoms with van der Waals surface area (Å²) in [6.45, 7) is 5.73. The molecule has 0 spiro atoms. The molecule has 0 saturated heterocycles. The third kappa shape index (κ3) is 3.35. The smallest absolute Gasteiger partial charge is 0.146 e. The summed E-state index contributed by atoms with van der Waals surface area (Å²) in [5.74, 6) is 1.33. The second-order valence-corrected chi connectivity index (χ2v) is 6.04. The van der Waals surface area contributed by atoms with E-state index in [1.807, 2.05) is 32.0 Å². The summed E-state index contributed by atoms with van der Waals surface area (Å²) >= 11 is 9.72. The number of benzene rings is 2. The highest BCUT2D eigenvalue weighted by Gasteiger charge is 2.09. The molecule has 0 aliphatic rings. The molecule has 0 unspecified atom stereocenters. The highest BCUT2D eigenvalue weighted by Crippen LogP contribution is 2.34. The number of hydrogen-bond acceptors (Lipinski definition) is 2. The van der Waals surface area contributed by atoms with E-state index in [2.05, 4.69) is 15.9 Å². The van der Waals surface area contributed by atoms with Gasteiger partial charge < -0.3 is 9.84 Å². The predicted molar refractivity (Wildman–Crippen MR) is 85.8 cm³/mol. The van der Waals surface area contributed by atoms with Gasteiger partial charge in [-0.1, -0.05) is 33.6 Å². The van der Waals surface area contributed by atoms with Crippen molar-refractivity contribution < 1.29 is 9.84 Å². The minimum atomic E-state index is -0.543. The maximum absolute atomic E-state index is 9.53. The minimum Gasteiger partial charge on any atom is -0.456 e. The van der Waals surface area contributed by atoms with E-state index in [0.717, 1.165) is 26.9 Å². The van der Waals surface area contributed by atoms with Crippen LogP contribution in [0.5, 0.6) is 11.5 Å². The van der Waals surface area contributed by atoms with Crippen LogP contribution in [0.1, 0.15) is 29.7 Å². The number of aryl methyl sites for hydroxylation is 2.